The van der Waals surface area contributed by atoms with E-state index in [0.717, 1.165) is 23.7 Å². The number of nitrogens with zero attached hydrogens (tertiary/aromatic N) is 1. The van der Waals surface area contributed by atoms with Gasteiger partial charge in [-0.1, -0.05) is 6.07 Å². The van der Waals surface area contributed by atoms with E-state index in [9.17, 15) is 0 Å². The Bertz CT molecular complexity index is 786. The summed E-state index contributed by atoms with van der Waals surface area (Å²) in [4.78, 5) is 8.60. The molecule has 2 aromatic heterocycles. The van der Waals surface area contributed by atoms with E-state index in [1.807, 2.05) is 12.4 Å². The van der Waals surface area contributed by atoms with Crippen molar-refractivity contribution in [2.75, 3.05) is 4.90 Å². The van der Waals surface area contributed by atoms with E-state index in [4.69, 9.17) is 12.2 Å². The second-order valence-electron chi connectivity index (χ2n) is 4.99. The summed E-state index contributed by atoms with van der Waals surface area (Å²) >= 11 is 5.44. The van der Waals surface area contributed by atoms with Gasteiger partial charge in [-0.25, -0.2) is 0 Å². The minimum Gasteiger partial charge on any atom is -0.362 e. The highest BCUT2D eigenvalue weighted by atomic mass is 32.1. The number of rotatable bonds is 2. The van der Waals surface area contributed by atoms with Crippen molar-refractivity contribution in [2.45, 2.75) is 13.1 Å². The monoisotopic (exact) mass is 282 g/mol. The molecule has 4 rings (SSSR count). The Labute approximate surface area is 121 Å². The first-order valence-corrected chi connectivity index (χ1v) is 7.00. The van der Waals surface area contributed by atoms with Gasteiger partial charge in [-0.15, -0.1) is 0 Å². The number of H-pyrrole nitrogens is 2. The van der Waals surface area contributed by atoms with Crippen LogP contribution in [0.25, 0.3) is 10.9 Å². The van der Waals surface area contributed by atoms with Crippen LogP contribution in [0.4, 0.5) is 5.69 Å². The minimum absolute atomic E-state index is 0.772. The molecule has 4 nitrogen and oxygen atoms in total. The topological polar surface area (TPSA) is 46.9 Å². The number of anilines is 1. The Morgan fingerprint density at radius 1 is 1.10 bits per heavy atom. The van der Waals surface area contributed by atoms with Gasteiger partial charge in [-0.05, 0) is 47.4 Å². The molecule has 0 aliphatic carbocycles. The standard InChI is InChI=1S/C15H14N4S/c20-15-18-8-13-14(4-6-17-13)19(15)9-10-1-2-12-11(7-10)3-5-16-12/h1-7,16-17H,8-9H2,(H,18,20). The molecule has 0 atom stereocenters. The Hall–Kier alpha value is -2.27. The van der Waals surface area contributed by atoms with E-state index in [0.29, 0.717) is 0 Å². The molecule has 0 bridgehead atoms. The second kappa shape index (κ2) is 4.38. The van der Waals surface area contributed by atoms with E-state index >= 15 is 0 Å². The van der Waals surface area contributed by atoms with E-state index in [1.54, 1.807) is 0 Å². The summed E-state index contributed by atoms with van der Waals surface area (Å²) in [6, 6.07) is 10.6. The highest BCUT2D eigenvalue weighted by Crippen LogP contribution is 2.26. The van der Waals surface area contributed by atoms with Gasteiger partial charge in [0.25, 0.3) is 0 Å². The Kier molecular flexibility index (Phi) is 2.53. The number of nitrogens with one attached hydrogen (secondary N) is 3. The number of hydrogen-bond acceptors (Lipinski definition) is 1. The number of benzene rings is 1. The SMILES string of the molecule is S=C1NCc2[nH]ccc2N1Cc1ccc2[nH]ccc2c1. The van der Waals surface area contributed by atoms with Gasteiger partial charge < -0.3 is 20.2 Å². The molecular weight excluding hydrogens is 268 g/mol. The van der Waals surface area contributed by atoms with Gasteiger partial charge in [0.05, 0.1) is 24.5 Å². The Balaban J connectivity index is 1.70. The number of hydrogen-bond donors (Lipinski definition) is 3. The van der Waals surface area contributed by atoms with Crippen molar-refractivity contribution in [1.29, 1.82) is 0 Å². The zero-order valence-electron chi connectivity index (χ0n) is 10.8. The maximum Gasteiger partial charge on any atom is 0.174 e. The molecular formula is C15H14N4S. The van der Waals surface area contributed by atoms with Crippen LogP contribution in [-0.2, 0) is 13.1 Å². The van der Waals surface area contributed by atoms with Crippen LogP contribution in [0.3, 0.4) is 0 Å². The fourth-order valence-electron chi connectivity index (χ4n) is 2.70. The molecule has 20 heavy (non-hydrogen) atoms. The molecule has 1 aliphatic heterocycles. The van der Waals surface area contributed by atoms with E-state index in [-0.39, 0.29) is 0 Å². The van der Waals surface area contributed by atoms with Gasteiger partial charge in [0.15, 0.2) is 5.11 Å². The molecule has 100 valence electrons. The summed E-state index contributed by atoms with van der Waals surface area (Å²) in [7, 11) is 0. The molecule has 1 aromatic carbocycles. The predicted octanol–water partition coefficient (Wildman–Crippen LogP) is 2.89. The highest BCUT2D eigenvalue weighted by Gasteiger charge is 2.21. The van der Waals surface area contributed by atoms with Crippen LogP contribution in [0, 0.1) is 0 Å². The zero-order chi connectivity index (χ0) is 13.5. The summed E-state index contributed by atoms with van der Waals surface area (Å²) in [6.45, 7) is 1.55. The van der Waals surface area contributed by atoms with Crippen molar-refractivity contribution >= 4 is 33.9 Å². The average Bonchev–Trinajstić information content (AvgIpc) is 3.09. The minimum atomic E-state index is 0.772. The van der Waals surface area contributed by atoms with Crippen molar-refractivity contribution in [3.8, 4) is 0 Å². The van der Waals surface area contributed by atoms with Crippen LogP contribution in [0.1, 0.15) is 11.3 Å². The summed E-state index contributed by atoms with van der Waals surface area (Å²) < 4.78 is 0. The van der Waals surface area contributed by atoms with Gasteiger partial charge in [0, 0.05) is 17.9 Å². The summed E-state index contributed by atoms with van der Waals surface area (Å²) in [5.74, 6) is 0. The predicted molar refractivity (Wildman–Crippen MR) is 84.7 cm³/mol. The van der Waals surface area contributed by atoms with Crippen LogP contribution in [0.5, 0.6) is 0 Å². The molecule has 3 N–H and O–H groups in total. The zero-order valence-corrected chi connectivity index (χ0v) is 11.6. The van der Waals surface area contributed by atoms with Crippen LogP contribution in [-0.4, -0.2) is 15.1 Å². The quantitative estimate of drug-likeness (QED) is 0.633. The second-order valence-corrected chi connectivity index (χ2v) is 5.37. The molecule has 0 spiro atoms. The van der Waals surface area contributed by atoms with Crippen molar-refractivity contribution < 1.29 is 0 Å². The maximum atomic E-state index is 5.44. The van der Waals surface area contributed by atoms with Gasteiger partial charge in [0.1, 0.15) is 0 Å². The van der Waals surface area contributed by atoms with Gasteiger partial charge >= 0.3 is 0 Å². The lowest BCUT2D eigenvalue weighted by Gasteiger charge is -2.30. The highest BCUT2D eigenvalue weighted by molar-refractivity contribution is 7.80. The van der Waals surface area contributed by atoms with E-state index in [1.165, 1.54) is 22.3 Å². The van der Waals surface area contributed by atoms with Crippen LogP contribution < -0.4 is 10.2 Å². The van der Waals surface area contributed by atoms with Crippen molar-refractivity contribution in [3.63, 3.8) is 0 Å². The maximum absolute atomic E-state index is 5.44. The summed E-state index contributed by atoms with van der Waals surface area (Å²) in [5.41, 5.74) is 4.76. The van der Waals surface area contributed by atoms with E-state index < -0.39 is 0 Å². The largest absolute Gasteiger partial charge is 0.362 e. The van der Waals surface area contributed by atoms with Gasteiger partial charge in [-0.3, -0.25) is 0 Å². The fourth-order valence-corrected chi connectivity index (χ4v) is 2.93. The third kappa shape index (κ3) is 1.78. The first-order chi connectivity index (χ1) is 9.81. The third-order valence-corrected chi connectivity index (χ3v) is 4.08. The first kappa shape index (κ1) is 11.5. The Morgan fingerprint density at radius 2 is 2.00 bits per heavy atom. The number of thiocarbonyl (C=S) groups is 1. The molecule has 0 saturated carbocycles. The molecule has 5 heteroatoms. The molecule has 0 radical (unpaired) electrons. The molecule has 1 aliphatic rings. The van der Waals surface area contributed by atoms with Gasteiger partial charge in [0.2, 0.25) is 0 Å². The van der Waals surface area contributed by atoms with Crippen LogP contribution in [0.2, 0.25) is 0 Å². The lowest BCUT2D eigenvalue weighted by atomic mass is 10.1. The lowest BCUT2D eigenvalue weighted by molar-refractivity contribution is 0.817. The number of fused-ring (bicyclic) bond motifs is 2. The summed E-state index contributed by atoms with van der Waals surface area (Å²) in [6.07, 6.45) is 3.93. The lowest BCUT2D eigenvalue weighted by Crippen LogP contribution is -2.43. The third-order valence-electron chi connectivity index (χ3n) is 3.72. The smallest absolute Gasteiger partial charge is 0.174 e. The average molecular weight is 282 g/mol. The molecule has 0 saturated heterocycles. The molecule has 0 fully saturated rings. The molecule has 0 unspecified atom stereocenters. The number of aromatic amines is 2. The van der Waals surface area contributed by atoms with Gasteiger partial charge in [-0.2, -0.15) is 0 Å². The molecule has 0 amide bonds. The molecule has 3 aromatic rings. The van der Waals surface area contributed by atoms with Crippen LogP contribution in [0.15, 0.2) is 42.7 Å². The Morgan fingerprint density at radius 3 is 2.95 bits per heavy atom. The fraction of sp³-hybridized carbons (Fsp3) is 0.133. The van der Waals surface area contributed by atoms with Crippen molar-refractivity contribution in [3.05, 3.63) is 54.0 Å². The van der Waals surface area contributed by atoms with Crippen molar-refractivity contribution in [1.82, 2.24) is 15.3 Å². The summed E-state index contributed by atoms with van der Waals surface area (Å²) in [5, 5.41) is 5.26. The van der Waals surface area contributed by atoms with Crippen LogP contribution >= 0.6 is 12.2 Å². The normalized spacial score (nSPS) is 14.4. The first-order valence-electron chi connectivity index (χ1n) is 6.59. The van der Waals surface area contributed by atoms with Crippen molar-refractivity contribution in [2.24, 2.45) is 0 Å². The molecule has 3 heterocycles. The van der Waals surface area contributed by atoms with E-state index in [2.05, 4.69) is 50.5 Å². The number of aromatic nitrogens is 2.